The van der Waals surface area contributed by atoms with E-state index >= 15 is 0 Å². The molecule has 2 rings (SSSR count). The van der Waals surface area contributed by atoms with E-state index in [0.717, 1.165) is 25.0 Å². The fourth-order valence-corrected chi connectivity index (χ4v) is 3.08. The maximum Gasteiger partial charge on any atom is 0.191 e. The molecule has 140 valence electrons. The lowest BCUT2D eigenvalue weighted by atomic mass is 9.84. The van der Waals surface area contributed by atoms with Crippen molar-refractivity contribution in [2.75, 3.05) is 47.6 Å². The van der Waals surface area contributed by atoms with Gasteiger partial charge in [-0.15, -0.1) is 0 Å². The molecule has 7 nitrogen and oxygen atoms in total. The largest absolute Gasteiger partial charge is 0.493 e. The molecular formula is C18H29N3O4. The number of aliphatic hydroxyl groups excluding tert-OH is 1. The quantitative estimate of drug-likeness (QED) is 0.481. The van der Waals surface area contributed by atoms with Crippen molar-refractivity contribution in [2.45, 2.75) is 19.4 Å². The molecule has 1 unspecified atom stereocenters. The maximum absolute atomic E-state index is 9.32. The van der Waals surface area contributed by atoms with Crippen LogP contribution in [0, 0.1) is 5.41 Å². The first-order valence-electron chi connectivity index (χ1n) is 8.51. The summed E-state index contributed by atoms with van der Waals surface area (Å²) in [5, 5.41) is 16.0. The Balaban J connectivity index is 1.95. The topological polar surface area (TPSA) is 84.3 Å². The monoisotopic (exact) mass is 351 g/mol. The summed E-state index contributed by atoms with van der Waals surface area (Å²) in [5.74, 6) is 2.12. The third-order valence-corrected chi connectivity index (χ3v) is 4.61. The molecule has 0 spiro atoms. The van der Waals surface area contributed by atoms with Crippen LogP contribution < -0.4 is 20.1 Å². The van der Waals surface area contributed by atoms with Crippen LogP contribution in [0.4, 0.5) is 0 Å². The number of nitrogens with zero attached hydrogens (tertiary/aromatic N) is 1. The van der Waals surface area contributed by atoms with Gasteiger partial charge in [-0.2, -0.15) is 0 Å². The van der Waals surface area contributed by atoms with Crippen LogP contribution in [0.2, 0.25) is 0 Å². The number of ether oxygens (including phenoxy) is 3. The van der Waals surface area contributed by atoms with Gasteiger partial charge in [-0.05, 0) is 18.9 Å². The van der Waals surface area contributed by atoms with E-state index in [1.54, 1.807) is 21.3 Å². The number of aliphatic hydroxyl groups is 1. The van der Waals surface area contributed by atoms with Gasteiger partial charge in [-0.25, -0.2) is 0 Å². The summed E-state index contributed by atoms with van der Waals surface area (Å²) < 4.78 is 16.3. The Morgan fingerprint density at radius 2 is 2.16 bits per heavy atom. The highest BCUT2D eigenvalue weighted by atomic mass is 16.5. The molecule has 0 amide bonds. The van der Waals surface area contributed by atoms with E-state index in [-0.39, 0.29) is 12.0 Å². The van der Waals surface area contributed by atoms with Crippen LogP contribution in [0.1, 0.15) is 18.4 Å². The third kappa shape index (κ3) is 4.99. The van der Waals surface area contributed by atoms with Gasteiger partial charge in [0.05, 0.1) is 20.8 Å². The van der Waals surface area contributed by atoms with Gasteiger partial charge < -0.3 is 30.0 Å². The average molecular weight is 351 g/mol. The van der Waals surface area contributed by atoms with Crippen LogP contribution in [-0.4, -0.2) is 58.7 Å². The fourth-order valence-electron chi connectivity index (χ4n) is 3.08. The molecule has 1 saturated heterocycles. The second-order valence-electron chi connectivity index (χ2n) is 6.21. The van der Waals surface area contributed by atoms with Gasteiger partial charge in [0.1, 0.15) is 0 Å². The van der Waals surface area contributed by atoms with Crippen LogP contribution in [-0.2, 0) is 11.3 Å². The van der Waals surface area contributed by atoms with Crippen LogP contribution >= 0.6 is 0 Å². The highest BCUT2D eigenvalue weighted by molar-refractivity contribution is 5.79. The number of benzene rings is 1. The van der Waals surface area contributed by atoms with Crippen molar-refractivity contribution in [3.05, 3.63) is 23.8 Å². The number of guanidine groups is 1. The van der Waals surface area contributed by atoms with Crippen molar-refractivity contribution < 1.29 is 19.3 Å². The first-order valence-corrected chi connectivity index (χ1v) is 8.51. The second-order valence-corrected chi connectivity index (χ2v) is 6.21. The summed E-state index contributed by atoms with van der Waals surface area (Å²) in [5.41, 5.74) is 0.958. The summed E-state index contributed by atoms with van der Waals surface area (Å²) in [4.78, 5) is 4.27. The molecule has 0 aromatic heterocycles. The second kappa shape index (κ2) is 9.48. The lowest BCUT2D eigenvalue weighted by molar-refractivity contribution is 0.127. The van der Waals surface area contributed by atoms with Crippen LogP contribution in [0.5, 0.6) is 11.5 Å². The number of rotatable bonds is 8. The fraction of sp³-hybridized carbons (Fsp3) is 0.611. The highest BCUT2D eigenvalue weighted by Crippen LogP contribution is 2.32. The van der Waals surface area contributed by atoms with Crippen LogP contribution in [0.3, 0.4) is 0 Å². The Morgan fingerprint density at radius 1 is 1.32 bits per heavy atom. The molecule has 1 aliphatic rings. The third-order valence-electron chi connectivity index (χ3n) is 4.61. The smallest absolute Gasteiger partial charge is 0.191 e. The molecule has 0 aliphatic carbocycles. The van der Waals surface area contributed by atoms with Gasteiger partial charge in [-0.1, -0.05) is 12.1 Å². The van der Waals surface area contributed by atoms with Crippen molar-refractivity contribution in [3.8, 4) is 11.5 Å². The predicted octanol–water partition coefficient (Wildman–Crippen LogP) is 1.16. The van der Waals surface area contributed by atoms with Crippen LogP contribution in [0.25, 0.3) is 0 Å². The summed E-state index contributed by atoms with van der Waals surface area (Å²) >= 11 is 0. The van der Waals surface area contributed by atoms with E-state index in [0.29, 0.717) is 37.2 Å². The predicted molar refractivity (Wildman–Crippen MR) is 97.3 cm³/mol. The molecular weight excluding hydrogens is 322 g/mol. The lowest BCUT2D eigenvalue weighted by Gasteiger charge is -2.27. The number of hydrogen-bond donors (Lipinski definition) is 3. The Morgan fingerprint density at radius 3 is 2.76 bits per heavy atom. The molecule has 0 radical (unpaired) electrons. The summed E-state index contributed by atoms with van der Waals surface area (Å²) in [6.45, 7) is 2.85. The highest BCUT2D eigenvalue weighted by Gasteiger charge is 2.34. The average Bonchev–Trinajstić information content (AvgIpc) is 3.10. The van der Waals surface area contributed by atoms with Gasteiger partial charge in [0.25, 0.3) is 0 Å². The molecule has 1 fully saturated rings. The Labute approximate surface area is 149 Å². The van der Waals surface area contributed by atoms with Crippen LogP contribution in [0.15, 0.2) is 23.2 Å². The Kier molecular flexibility index (Phi) is 7.33. The molecule has 1 atom stereocenters. The van der Waals surface area contributed by atoms with Crippen molar-refractivity contribution >= 4 is 5.96 Å². The zero-order chi connectivity index (χ0) is 18.1. The van der Waals surface area contributed by atoms with Crippen molar-refractivity contribution in [1.29, 1.82) is 0 Å². The minimum atomic E-state index is -0.0278. The summed E-state index contributed by atoms with van der Waals surface area (Å²) in [6, 6.07) is 5.79. The van der Waals surface area contributed by atoms with Gasteiger partial charge in [-0.3, -0.25) is 4.99 Å². The zero-order valence-electron chi connectivity index (χ0n) is 15.3. The molecule has 1 heterocycles. The van der Waals surface area contributed by atoms with E-state index in [4.69, 9.17) is 14.2 Å². The van der Waals surface area contributed by atoms with Gasteiger partial charge in [0.15, 0.2) is 17.5 Å². The summed E-state index contributed by atoms with van der Waals surface area (Å²) in [7, 11) is 5.00. The normalized spacial score (nSPS) is 20.4. The maximum atomic E-state index is 9.32. The zero-order valence-corrected chi connectivity index (χ0v) is 15.3. The SMILES string of the molecule is CN=C(NCc1cccc(OC)c1OC)NCC1(CCO)CCOC1. The first kappa shape index (κ1) is 19.3. The molecule has 1 aliphatic heterocycles. The molecule has 1 aromatic rings. The first-order chi connectivity index (χ1) is 12.2. The minimum absolute atomic E-state index is 0.0278. The minimum Gasteiger partial charge on any atom is -0.493 e. The Hall–Kier alpha value is -1.99. The molecule has 3 N–H and O–H groups in total. The van der Waals surface area contributed by atoms with Gasteiger partial charge in [0.2, 0.25) is 0 Å². The van der Waals surface area contributed by atoms with Gasteiger partial charge in [0, 0.05) is 44.3 Å². The molecule has 0 bridgehead atoms. The molecule has 0 saturated carbocycles. The van der Waals surface area contributed by atoms with E-state index < -0.39 is 0 Å². The standard InChI is InChI=1S/C18H29N3O4/c1-19-17(21-12-18(7-9-22)8-10-25-13-18)20-11-14-5-4-6-15(23-2)16(14)24-3/h4-6,22H,7-13H2,1-3H3,(H2,19,20,21). The van der Waals surface area contributed by atoms with E-state index in [9.17, 15) is 5.11 Å². The number of aliphatic imine (C=N–C) groups is 1. The molecule has 7 heteroatoms. The summed E-state index contributed by atoms with van der Waals surface area (Å²) in [6.07, 6.45) is 1.67. The number of hydrogen-bond acceptors (Lipinski definition) is 5. The van der Waals surface area contributed by atoms with E-state index in [1.165, 1.54) is 0 Å². The number of para-hydroxylation sites is 1. The van der Waals surface area contributed by atoms with Gasteiger partial charge >= 0.3 is 0 Å². The van der Waals surface area contributed by atoms with Crippen molar-refractivity contribution in [3.63, 3.8) is 0 Å². The molecule has 25 heavy (non-hydrogen) atoms. The van der Waals surface area contributed by atoms with E-state index in [1.807, 2.05) is 18.2 Å². The lowest BCUT2D eigenvalue weighted by Crippen LogP contribution is -2.44. The molecule has 1 aromatic carbocycles. The Bertz CT molecular complexity index is 571. The van der Waals surface area contributed by atoms with Crippen molar-refractivity contribution in [1.82, 2.24) is 10.6 Å². The number of methoxy groups -OCH3 is 2. The number of nitrogens with one attached hydrogen (secondary N) is 2. The van der Waals surface area contributed by atoms with Crippen molar-refractivity contribution in [2.24, 2.45) is 10.4 Å². The van der Waals surface area contributed by atoms with E-state index in [2.05, 4.69) is 15.6 Å².